The van der Waals surface area contributed by atoms with Gasteiger partial charge in [0.25, 0.3) is 11.6 Å². The summed E-state index contributed by atoms with van der Waals surface area (Å²) in [6, 6.07) is 9.75. The minimum atomic E-state index is -0.492. The SMILES string of the molecule is Cc1ccc([N+](=O)[O-])cc1NC(=O)C[NH+](C)Cc1cccc(Cl)c1Cl. The molecule has 1 unspecified atom stereocenters. The van der Waals surface area contributed by atoms with Crippen LogP contribution in [0.3, 0.4) is 0 Å². The molecule has 8 heteroatoms. The van der Waals surface area contributed by atoms with E-state index < -0.39 is 4.92 Å². The fourth-order valence-electron chi connectivity index (χ4n) is 2.40. The van der Waals surface area contributed by atoms with Crippen molar-refractivity contribution < 1.29 is 14.6 Å². The Kier molecular flexibility index (Phi) is 6.36. The first kappa shape index (κ1) is 19.2. The highest BCUT2D eigenvalue weighted by molar-refractivity contribution is 6.42. The number of hydrogen-bond acceptors (Lipinski definition) is 3. The molecular formula is C17H18Cl2N3O3+. The first-order valence-corrected chi connectivity index (χ1v) is 8.32. The van der Waals surface area contributed by atoms with Gasteiger partial charge in [-0.3, -0.25) is 14.9 Å². The van der Waals surface area contributed by atoms with E-state index in [1.807, 2.05) is 19.2 Å². The normalized spacial score (nSPS) is 11.8. The molecule has 2 aromatic rings. The van der Waals surface area contributed by atoms with Gasteiger partial charge in [-0.1, -0.05) is 41.4 Å². The second-order valence-electron chi connectivity index (χ2n) is 5.83. The number of carbonyl (C=O) groups is 1. The van der Waals surface area contributed by atoms with Crippen molar-refractivity contribution in [3.63, 3.8) is 0 Å². The molecule has 0 bridgehead atoms. The number of nitrogens with one attached hydrogen (secondary N) is 2. The van der Waals surface area contributed by atoms with Crippen molar-refractivity contribution in [1.82, 2.24) is 0 Å². The Morgan fingerprint density at radius 2 is 2.00 bits per heavy atom. The Hall–Kier alpha value is -2.15. The first-order chi connectivity index (χ1) is 11.8. The van der Waals surface area contributed by atoms with Crippen LogP contribution in [0.4, 0.5) is 11.4 Å². The number of nitro groups is 1. The third-order valence-corrected chi connectivity index (χ3v) is 4.55. The molecule has 0 aromatic heterocycles. The summed E-state index contributed by atoms with van der Waals surface area (Å²) in [5, 5.41) is 14.5. The molecular weight excluding hydrogens is 365 g/mol. The molecule has 0 heterocycles. The zero-order valence-electron chi connectivity index (χ0n) is 13.8. The van der Waals surface area contributed by atoms with E-state index in [0.29, 0.717) is 22.3 Å². The van der Waals surface area contributed by atoms with Crippen LogP contribution in [-0.2, 0) is 11.3 Å². The Bertz CT molecular complexity index is 812. The number of aryl methyl sites for hydroxylation is 1. The van der Waals surface area contributed by atoms with Gasteiger partial charge in [-0.2, -0.15) is 0 Å². The summed E-state index contributed by atoms with van der Waals surface area (Å²) in [5.74, 6) is -0.237. The zero-order valence-corrected chi connectivity index (χ0v) is 15.3. The highest BCUT2D eigenvalue weighted by Gasteiger charge is 2.16. The molecule has 0 aliphatic heterocycles. The predicted octanol–water partition coefficient (Wildman–Crippen LogP) is 2.86. The highest BCUT2D eigenvalue weighted by atomic mass is 35.5. The standard InChI is InChI=1S/C17H17Cl2N3O3/c1-11-6-7-13(22(24)25)8-15(11)20-16(23)10-21(2)9-12-4-3-5-14(18)17(12)19/h3-8H,9-10H2,1-2H3,(H,20,23)/p+1. The molecule has 2 rings (SSSR count). The lowest BCUT2D eigenvalue weighted by Gasteiger charge is -2.15. The Labute approximate surface area is 155 Å². The van der Waals surface area contributed by atoms with Crippen molar-refractivity contribution in [1.29, 1.82) is 0 Å². The van der Waals surface area contributed by atoms with Gasteiger partial charge in [0.1, 0.15) is 6.54 Å². The van der Waals surface area contributed by atoms with Crippen LogP contribution >= 0.6 is 23.2 Å². The van der Waals surface area contributed by atoms with Gasteiger partial charge >= 0.3 is 0 Å². The smallest absolute Gasteiger partial charge is 0.279 e. The lowest BCUT2D eigenvalue weighted by atomic mass is 10.2. The van der Waals surface area contributed by atoms with Gasteiger partial charge in [0.05, 0.1) is 27.7 Å². The van der Waals surface area contributed by atoms with Gasteiger partial charge in [-0.25, -0.2) is 0 Å². The van der Waals surface area contributed by atoms with Gasteiger partial charge in [-0.15, -0.1) is 0 Å². The van der Waals surface area contributed by atoms with Crippen LogP contribution < -0.4 is 10.2 Å². The van der Waals surface area contributed by atoms with Crippen LogP contribution in [0.1, 0.15) is 11.1 Å². The van der Waals surface area contributed by atoms with Gasteiger partial charge in [0.2, 0.25) is 0 Å². The molecule has 0 spiro atoms. The molecule has 0 aliphatic carbocycles. The Morgan fingerprint density at radius 3 is 2.68 bits per heavy atom. The summed E-state index contributed by atoms with van der Waals surface area (Å²) in [5.41, 5.74) is 1.99. The molecule has 1 amide bonds. The monoisotopic (exact) mass is 382 g/mol. The summed E-state index contributed by atoms with van der Waals surface area (Å²) in [7, 11) is 1.86. The van der Waals surface area contributed by atoms with Crippen LogP contribution in [-0.4, -0.2) is 24.4 Å². The molecule has 132 valence electrons. The number of non-ortho nitro benzene ring substituents is 1. The number of anilines is 1. The summed E-state index contributed by atoms with van der Waals surface area (Å²) >= 11 is 12.2. The molecule has 0 saturated heterocycles. The number of hydrogen-bond donors (Lipinski definition) is 2. The van der Waals surface area contributed by atoms with Crippen molar-refractivity contribution in [3.05, 3.63) is 67.7 Å². The summed E-state index contributed by atoms with van der Waals surface area (Å²) in [6.45, 7) is 2.49. The molecule has 0 saturated carbocycles. The number of nitrogens with zero attached hydrogens (tertiary/aromatic N) is 1. The second kappa shape index (κ2) is 8.29. The minimum Gasteiger partial charge on any atom is -0.326 e. The lowest BCUT2D eigenvalue weighted by molar-refractivity contribution is -0.885. The van der Waals surface area contributed by atoms with Gasteiger partial charge in [-0.05, 0) is 18.6 Å². The van der Waals surface area contributed by atoms with E-state index in [2.05, 4.69) is 5.32 Å². The van der Waals surface area contributed by atoms with Crippen molar-refractivity contribution in [2.45, 2.75) is 13.5 Å². The van der Waals surface area contributed by atoms with Crippen molar-refractivity contribution in [2.24, 2.45) is 0 Å². The molecule has 0 radical (unpaired) electrons. The van der Waals surface area contributed by atoms with Crippen LogP contribution in [0.5, 0.6) is 0 Å². The number of likely N-dealkylation sites (N-methyl/N-ethyl adjacent to an activating group) is 1. The Balaban J connectivity index is 2.01. The van der Waals surface area contributed by atoms with Crippen molar-refractivity contribution >= 4 is 40.5 Å². The van der Waals surface area contributed by atoms with E-state index in [4.69, 9.17) is 23.2 Å². The lowest BCUT2D eigenvalue weighted by Crippen LogP contribution is -3.08. The van der Waals surface area contributed by atoms with Gasteiger partial charge < -0.3 is 10.2 Å². The fourth-order valence-corrected chi connectivity index (χ4v) is 2.79. The van der Waals surface area contributed by atoms with Crippen LogP contribution in [0.15, 0.2) is 36.4 Å². The molecule has 2 N–H and O–H groups in total. The molecule has 0 aliphatic rings. The number of carbonyl (C=O) groups excluding carboxylic acids is 1. The van der Waals surface area contributed by atoms with Crippen molar-refractivity contribution in [2.75, 3.05) is 18.9 Å². The predicted molar refractivity (Wildman–Crippen MR) is 98.4 cm³/mol. The number of amides is 1. The molecule has 6 nitrogen and oxygen atoms in total. The van der Waals surface area contributed by atoms with E-state index in [9.17, 15) is 14.9 Å². The fraction of sp³-hybridized carbons (Fsp3) is 0.235. The largest absolute Gasteiger partial charge is 0.326 e. The number of nitro benzene ring substituents is 1. The van der Waals surface area contributed by atoms with Crippen molar-refractivity contribution in [3.8, 4) is 0 Å². The van der Waals surface area contributed by atoms with E-state index in [1.165, 1.54) is 12.1 Å². The number of halogens is 2. The molecule has 0 fully saturated rings. The van der Waals surface area contributed by atoms with Crippen LogP contribution in [0.25, 0.3) is 0 Å². The van der Waals surface area contributed by atoms with Crippen LogP contribution in [0, 0.1) is 17.0 Å². The average molecular weight is 383 g/mol. The summed E-state index contributed by atoms with van der Waals surface area (Å²) in [6.07, 6.45) is 0. The van der Waals surface area contributed by atoms with Crippen LogP contribution in [0.2, 0.25) is 10.0 Å². The van der Waals surface area contributed by atoms with E-state index in [-0.39, 0.29) is 18.1 Å². The summed E-state index contributed by atoms with van der Waals surface area (Å²) < 4.78 is 0. The maximum absolute atomic E-state index is 12.2. The number of rotatable bonds is 6. The third kappa shape index (κ3) is 5.16. The molecule has 1 atom stereocenters. The number of benzene rings is 2. The van der Waals surface area contributed by atoms with E-state index in [1.54, 1.807) is 19.1 Å². The zero-order chi connectivity index (χ0) is 18.6. The maximum atomic E-state index is 12.2. The number of quaternary nitrogens is 1. The molecule has 2 aromatic carbocycles. The Morgan fingerprint density at radius 1 is 1.28 bits per heavy atom. The first-order valence-electron chi connectivity index (χ1n) is 7.57. The quantitative estimate of drug-likeness (QED) is 0.595. The molecule has 25 heavy (non-hydrogen) atoms. The average Bonchev–Trinajstić information content (AvgIpc) is 2.53. The van der Waals surface area contributed by atoms with E-state index >= 15 is 0 Å². The topological polar surface area (TPSA) is 76.7 Å². The highest BCUT2D eigenvalue weighted by Crippen LogP contribution is 2.25. The second-order valence-corrected chi connectivity index (χ2v) is 6.61. The van der Waals surface area contributed by atoms with Gasteiger partial charge in [0, 0.05) is 17.7 Å². The summed E-state index contributed by atoms with van der Waals surface area (Å²) in [4.78, 5) is 23.5. The maximum Gasteiger partial charge on any atom is 0.279 e. The van der Waals surface area contributed by atoms with E-state index in [0.717, 1.165) is 16.0 Å². The third-order valence-electron chi connectivity index (χ3n) is 3.69. The minimum absolute atomic E-state index is 0.0627. The van der Waals surface area contributed by atoms with Gasteiger partial charge in [0.15, 0.2) is 6.54 Å².